The predicted octanol–water partition coefficient (Wildman–Crippen LogP) is 7.13. The Morgan fingerprint density at radius 3 is 1.82 bits per heavy atom. The minimum Gasteiger partial charge on any atom is -0.497 e. The molecule has 0 bridgehead atoms. The summed E-state index contributed by atoms with van der Waals surface area (Å²) in [4.78, 5) is 5.22. The average Bonchev–Trinajstić information content (AvgIpc) is 3.46. The van der Waals surface area contributed by atoms with Gasteiger partial charge >= 0.3 is 0 Å². The van der Waals surface area contributed by atoms with E-state index in [4.69, 9.17) is 9.72 Å². The van der Waals surface area contributed by atoms with E-state index >= 15 is 0 Å². The van der Waals surface area contributed by atoms with Gasteiger partial charge in [0.25, 0.3) is 0 Å². The zero-order valence-electron chi connectivity index (χ0n) is 18.8. The van der Waals surface area contributed by atoms with Gasteiger partial charge in [-0.05, 0) is 36.4 Å². The quantitative estimate of drug-likeness (QED) is 0.285. The molecular weight excluding hydrogens is 418 g/mol. The molecule has 0 spiro atoms. The van der Waals surface area contributed by atoms with Crippen molar-refractivity contribution in [2.75, 3.05) is 7.11 Å². The number of benzene rings is 4. The van der Waals surface area contributed by atoms with E-state index in [1.165, 1.54) is 0 Å². The highest BCUT2D eigenvalue weighted by atomic mass is 16.5. The van der Waals surface area contributed by atoms with E-state index in [9.17, 15) is 0 Å². The molecule has 164 valence electrons. The number of para-hydroxylation sites is 1. The fraction of sp³-hybridized carbons (Fsp3) is 0.0333. The molecule has 6 rings (SSSR count). The van der Waals surface area contributed by atoms with Crippen LogP contribution >= 0.6 is 0 Å². The lowest BCUT2D eigenvalue weighted by Crippen LogP contribution is -1.97. The van der Waals surface area contributed by atoms with Gasteiger partial charge in [-0.2, -0.15) is 0 Å². The van der Waals surface area contributed by atoms with E-state index in [2.05, 4.69) is 100 Å². The zero-order valence-corrected chi connectivity index (χ0v) is 18.8. The first-order chi connectivity index (χ1) is 16.8. The second kappa shape index (κ2) is 8.41. The van der Waals surface area contributed by atoms with Crippen LogP contribution in [0.3, 0.4) is 0 Å². The van der Waals surface area contributed by atoms with Crippen LogP contribution in [0.5, 0.6) is 5.75 Å². The second-order valence-electron chi connectivity index (χ2n) is 8.12. The van der Waals surface area contributed by atoms with E-state index in [1.807, 2.05) is 30.3 Å². The van der Waals surface area contributed by atoms with Crippen LogP contribution < -0.4 is 4.74 Å². The maximum atomic E-state index is 5.38. The summed E-state index contributed by atoms with van der Waals surface area (Å²) in [6.45, 7) is 0. The first kappa shape index (κ1) is 20.1. The molecule has 0 amide bonds. The minimum absolute atomic E-state index is 0.836. The van der Waals surface area contributed by atoms with Crippen molar-refractivity contribution in [2.24, 2.45) is 0 Å². The third kappa shape index (κ3) is 3.37. The van der Waals surface area contributed by atoms with Gasteiger partial charge in [0.05, 0.1) is 24.2 Å². The van der Waals surface area contributed by atoms with Gasteiger partial charge in [-0.3, -0.25) is 8.97 Å². The van der Waals surface area contributed by atoms with E-state index in [1.54, 1.807) is 7.11 Å². The molecule has 4 aromatic carbocycles. The summed E-state index contributed by atoms with van der Waals surface area (Å²) >= 11 is 0. The molecule has 0 saturated heterocycles. The van der Waals surface area contributed by atoms with Crippen molar-refractivity contribution in [1.29, 1.82) is 0 Å². The molecule has 0 atom stereocenters. The Labute approximate surface area is 198 Å². The van der Waals surface area contributed by atoms with Crippen LogP contribution in [0.2, 0.25) is 0 Å². The van der Waals surface area contributed by atoms with Gasteiger partial charge < -0.3 is 4.74 Å². The Morgan fingerprint density at radius 2 is 1.21 bits per heavy atom. The molecule has 4 nitrogen and oxygen atoms in total. The van der Waals surface area contributed by atoms with Crippen molar-refractivity contribution in [3.63, 3.8) is 0 Å². The maximum absolute atomic E-state index is 5.38. The normalized spacial score (nSPS) is 11.1. The molecule has 0 N–H and O–H groups in total. The lowest BCUT2D eigenvalue weighted by Gasteiger charge is -2.10. The van der Waals surface area contributed by atoms with E-state index in [0.717, 1.165) is 51.0 Å². The molecule has 0 aliphatic carbocycles. The largest absolute Gasteiger partial charge is 0.497 e. The van der Waals surface area contributed by atoms with Crippen LogP contribution in [0.25, 0.3) is 45.2 Å². The van der Waals surface area contributed by atoms with Crippen molar-refractivity contribution in [1.82, 2.24) is 14.0 Å². The summed E-state index contributed by atoms with van der Waals surface area (Å²) in [5.41, 5.74) is 7.48. The van der Waals surface area contributed by atoms with Gasteiger partial charge in [-0.1, -0.05) is 78.9 Å². The number of ether oxygens (including phenoxy) is 1. The summed E-state index contributed by atoms with van der Waals surface area (Å²) in [7, 11) is 1.69. The van der Waals surface area contributed by atoms with Crippen LogP contribution in [0, 0.1) is 0 Å². The molecule has 4 heteroatoms. The van der Waals surface area contributed by atoms with Crippen molar-refractivity contribution in [3.05, 3.63) is 121 Å². The number of hydrogen-bond acceptors (Lipinski definition) is 2. The molecule has 0 fully saturated rings. The number of rotatable bonds is 5. The lowest BCUT2D eigenvalue weighted by atomic mass is 10.0. The van der Waals surface area contributed by atoms with Gasteiger partial charge in [0.1, 0.15) is 5.75 Å². The number of nitrogens with zero attached hydrogens (tertiary/aromatic N) is 3. The predicted molar refractivity (Wildman–Crippen MR) is 137 cm³/mol. The SMILES string of the molecule is COc1ccc(-c2cn3c(-c4ccccc4)c(-c4ccccc4)nc3n2-c2ccccc2)cc1. The summed E-state index contributed by atoms with van der Waals surface area (Å²) in [6, 6.07) is 39.4. The minimum atomic E-state index is 0.836. The molecule has 0 aliphatic rings. The highest BCUT2D eigenvalue weighted by Crippen LogP contribution is 2.37. The average molecular weight is 442 g/mol. The molecule has 2 heterocycles. The van der Waals surface area contributed by atoms with Crippen LogP contribution in [0.1, 0.15) is 0 Å². The zero-order chi connectivity index (χ0) is 22.9. The fourth-order valence-corrected chi connectivity index (χ4v) is 4.45. The summed E-state index contributed by atoms with van der Waals surface area (Å²) in [5, 5.41) is 0. The van der Waals surface area contributed by atoms with Gasteiger partial charge in [0.15, 0.2) is 0 Å². The first-order valence-electron chi connectivity index (χ1n) is 11.3. The molecule has 2 aromatic heterocycles. The van der Waals surface area contributed by atoms with Crippen molar-refractivity contribution in [2.45, 2.75) is 0 Å². The number of methoxy groups -OCH3 is 1. The van der Waals surface area contributed by atoms with E-state index in [0.29, 0.717) is 0 Å². The summed E-state index contributed by atoms with van der Waals surface area (Å²) in [5.74, 6) is 1.71. The fourth-order valence-electron chi connectivity index (χ4n) is 4.45. The standard InChI is InChI=1S/C30H23N3O/c1-34-26-19-17-22(18-20-26)27-21-32-29(24-13-7-3-8-14-24)28(23-11-5-2-6-12-23)31-30(32)33(27)25-15-9-4-10-16-25/h2-21H,1H3. The Hall–Kier alpha value is -4.57. The molecule has 0 radical (unpaired) electrons. The summed E-state index contributed by atoms with van der Waals surface area (Å²) in [6.07, 6.45) is 2.19. The Balaban J connectivity index is 1.69. The van der Waals surface area contributed by atoms with Crippen molar-refractivity contribution >= 4 is 5.78 Å². The number of aromatic nitrogens is 3. The van der Waals surface area contributed by atoms with Crippen LogP contribution in [0.4, 0.5) is 0 Å². The Morgan fingerprint density at radius 1 is 0.618 bits per heavy atom. The molecule has 0 aliphatic heterocycles. The van der Waals surface area contributed by atoms with Gasteiger partial charge in [-0.25, -0.2) is 4.98 Å². The second-order valence-corrected chi connectivity index (χ2v) is 8.12. The maximum Gasteiger partial charge on any atom is 0.220 e. The van der Waals surface area contributed by atoms with Crippen LogP contribution in [-0.4, -0.2) is 21.1 Å². The highest BCUT2D eigenvalue weighted by Gasteiger charge is 2.22. The molecular formula is C30H23N3O. The van der Waals surface area contributed by atoms with Gasteiger partial charge in [0, 0.05) is 28.6 Å². The Kier molecular flexibility index (Phi) is 4.96. The van der Waals surface area contributed by atoms with Crippen LogP contribution in [-0.2, 0) is 0 Å². The van der Waals surface area contributed by atoms with Crippen molar-refractivity contribution in [3.8, 4) is 45.2 Å². The monoisotopic (exact) mass is 441 g/mol. The number of imidazole rings is 2. The first-order valence-corrected chi connectivity index (χ1v) is 11.3. The Bertz CT molecular complexity index is 1550. The molecule has 34 heavy (non-hydrogen) atoms. The van der Waals surface area contributed by atoms with Gasteiger partial charge in [-0.15, -0.1) is 0 Å². The smallest absolute Gasteiger partial charge is 0.220 e. The third-order valence-corrected chi connectivity index (χ3v) is 6.08. The number of hydrogen-bond donors (Lipinski definition) is 0. The van der Waals surface area contributed by atoms with E-state index < -0.39 is 0 Å². The topological polar surface area (TPSA) is 31.5 Å². The van der Waals surface area contributed by atoms with Crippen LogP contribution in [0.15, 0.2) is 121 Å². The molecule has 6 aromatic rings. The van der Waals surface area contributed by atoms with Crippen molar-refractivity contribution < 1.29 is 4.74 Å². The lowest BCUT2D eigenvalue weighted by molar-refractivity contribution is 0.415. The summed E-state index contributed by atoms with van der Waals surface area (Å²) < 4.78 is 9.82. The highest BCUT2D eigenvalue weighted by molar-refractivity contribution is 5.83. The van der Waals surface area contributed by atoms with Gasteiger partial charge in [0.2, 0.25) is 5.78 Å². The van der Waals surface area contributed by atoms with E-state index in [-0.39, 0.29) is 0 Å². The molecule has 0 unspecified atom stereocenters. The third-order valence-electron chi connectivity index (χ3n) is 6.08. The number of fused-ring (bicyclic) bond motifs is 1. The molecule has 0 saturated carbocycles.